The number of carbonyl (C=O) groups excluding carboxylic acids is 1. The predicted molar refractivity (Wildman–Crippen MR) is 67.2 cm³/mol. The van der Waals surface area contributed by atoms with Crippen LogP contribution in [-0.4, -0.2) is 26.1 Å². The molecule has 2 N–H and O–H groups in total. The van der Waals surface area contributed by atoms with Gasteiger partial charge in [0.15, 0.2) is 0 Å². The van der Waals surface area contributed by atoms with Crippen molar-refractivity contribution in [2.24, 2.45) is 5.92 Å². The molecule has 4 nitrogen and oxygen atoms in total. The smallest absolute Gasteiger partial charge is 0.224 e. The summed E-state index contributed by atoms with van der Waals surface area (Å²) in [6, 6.07) is 4.07. The van der Waals surface area contributed by atoms with E-state index in [2.05, 4.69) is 10.6 Å². The molecule has 98 valence electrons. The lowest BCUT2D eigenvalue weighted by molar-refractivity contribution is -0.117. The van der Waals surface area contributed by atoms with Gasteiger partial charge in [-0.25, -0.2) is 4.39 Å². The Kier molecular flexibility index (Phi) is 4.15. The third-order valence-corrected chi connectivity index (χ3v) is 3.07. The molecule has 18 heavy (non-hydrogen) atoms. The molecule has 1 unspecified atom stereocenters. The minimum absolute atomic E-state index is 0.104. The second-order valence-corrected chi connectivity index (χ2v) is 4.46. The fourth-order valence-corrected chi connectivity index (χ4v) is 2.13. The van der Waals surface area contributed by atoms with E-state index in [1.807, 2.05) is 0 Å². The van der Waals surface area contributed by atoms with Crippen LogP contribution < -0.4 is 15.4 Å². The van der Waals surface area contributed by atoms with Gasteiger partial charge in [-0.15, -0.1) is 0 Å². The predicted octanol–water partition coefficient (Wildman–Crippen LogP) is 1.77. The maximum absolute atomic E-state index is 13.1. The van der Waals surface area contributed by atoms with Gasteiger partial charge in [0, 0.05) is 12.5 Å². The highest BCUT2D eigenvalue weighted by Crippen LogP contribution is 2.25. The van der Waals surface area contributed by atoms with Crippen molar-refractivity contribution in [3.8, 4) is 5.75 Å². The van der Waals surface area contributed by atoms with Crippen LogP contribution in [0.5, 0.6) is 5.75 Å². The molecular formula is C13H17FN2O2. The van der Waals surface area contributed by atoms with Crippen LogP contribution in [0.4, 0.5) is 10.1 Å². The number of hydrogen-bond donors (Lipinski definition) is 2. The third kappa shape index (κ3) is 3.20. The van der Waals surface area contributed by atoms with Crippen molar-refractivity contribution >= 4 is 11.6 Å². The molecule has 1 aliphatic heterocycles. The van der Waals surface area contributed by atoms with E-state index in [9.17, 15) is 9.18 Å². The van der Waals surface area contributed by atoms with Crippen LogP contribution >= 0.6 is 0 Å². The Hall–Kier alpha value is -1.62. The van der Waals surface area contributed by atoms with Crippen molar-refractivity contribution in [3.05, 3.63) is 24.0 Å². The number of ether oxygens (including phenoxy) is 1. The Morgan fingerprint density at radius 1 is 1.61 bits per heavy atom. The maximum Gasteiger partial charge on any atom is 0.224 e. The quantitative estimate of drug-likeness (QED) is 0.858. The van der Waals surface area contributed by atoms with Crippen molar-refractivity contribution in [1.29, 1.82) is 0 Å². The molecule has 0 aliphatic carbocycles. The standard InChI is InChI=1S/C13H17FN2O2/c1-18-12-3-2-10(14)7-11(12)16-13(17)6-9-4-5-15-8-9/h2-3,7,9,15H,4-6,8H2,1H3,(H,16,17). The SMILES string of the molecule is COc1ccc(F)cc1NC(=O)CC1CCNC1. The lowest BCUT2D eigenvalue weighted by Crippen LogP contribution is -2.18. The molecule has 1 aromatic carbocycles. The first-order chi connectivity index (χ1) is 8.69. The molecule has 0 spiro atoms. The summed E-state index contributed by atoms with van der Waals surface area (Å²) in [4.78, 5) is 11.8. The fourth-order valence-electron chi connectivity index (χ4n) is 2.13. The average Bonchev–Trinajstić information content (AvgIpc) is 2.82. The van der Waals surface area contributed by atoms with E-state index in [1.54, 1.807) is 0 Å². The van der Waals surface area contributed by atoms with Crippen LogP contribution in [-0.2, 0) is 4.79 Å². The zero-order chi connectivity index (χ0) is 13.0. The Labute approximate surface area is 106 Å². The van der Waals surface area contributed by atoms with E-state index < -0.39 is 5.82 Å². The molecule has 0 saturated carbocycles. The zero-order valence-electron chi connectivity index (χ0n) is 10.3. The Balaban J connectivity index is 1.99. The fraction of sp³-hybridized carbons (Fsp3) is 0.462. The van der Waals surface area contributed by atoms with Crippen LogP contribution in [0.1, 0.15) is 12.8 Å². The molecular weight excluding hydrogens is 235 g/mol. The molecule has 1 aromatic rings. The first kappa shape index (κ1) is 12.8. The average molecular weight is 252 g/mol. The normalized spacial score (nSPS) is 18.7. The summed E-state index contributed by atoms with van der Waals surface area (Å²) in [6.45, 7) is 1.83. The van der Waals surface area contributed by atoms with E-state index in [1.165, 1.54) is 25.3 Å². The number of hydrogen-bond acceptors (Lipinski definition) is 3. The summed E-state index contributed by atoms with van der Waals surface area (Å²) >= 11 is 0. The van der Waals surface area contributed by atoms with Crippen LogP contribution in [0.3, 0.4) is 0 Å². The molecule has 1 fully saturated rings. The van der Waals surface area contributed by atoms with Gasteiger partial charge < -0.3 is 15.4 Å². The van der Waals surface area contributed by atoms with Crippen molar-refractivity contribution in [3.63, 3.8) is 0 Å². The highest BCUT2D eigenvalue weighted by atomic mass is 19.1. The van der Waals surface area contributed by atoms with Gasteiger partial charge in [-0.2, -0.15) is 0 Å². The van der Waals surface area contributed by atoms with Gasteiger partial charge in [0.05, 0.1) is 12.8 Å². The second-order valence-electron chi connectivity index (χ2n) is 4.46. The zero-order valence-corrected chi connectivity index (χ0v) is 10.3. The Morgan fingerprint density at radius 2 is 2.44 bits per heavy atom. The number of anilines is 1. The number of halogens is 1. The molecule has 1 heterocycles. The first-order valence-corrected chi connectivity index (χ1v) is 6.03. The first-order valence-electron chi connectivity index (χ1n) is 6.03. The van der Waals surface area contributed by atoms with Gasteiger partial charge in [-0.05, 0) is 37.6 Å². The summed E-state index contributed by atoms with van der Waals surface area (Å²) in [6.07, 6.45) is 1.46. The lowest BCUT2D eigenvalue weighted by Gasteiger charge is -2.12. The number of carbonyl (C=O) groups is 1. The van der Waals surface area contributed by atoms with E-state index in [-0.39, 0.29) is 5.91 Å². The monoisotopic (exact) mass is 252 g/mol. The van der Waals surface area contributed by atoms with E-state index >= 15 is 0 Å². The summed E-state index contributed by atoms with van der Waals surface area (Å²) in [7, 11) is 1.49. The van der Waals surface area contributed by atoms with Gasteiger partial charge in [-0.1, -0.05) is 0 Å². The molecule has 0 radical (unpaired) electrons. The number of methoxy groups -OCH3 is 1. The van der Waals surface area contributed by atoms with Crippen molar-refractivity contribution in [2.45, 2.75) is 12.8 Å². The number of amides is 1. The number of benzene rings is 1. The third-order valence-electron chi connectivity index (χ3n) is 3.07. The Bertz CT molecular complexity index is 431. The molecule has 2 rings (SSSR count). The minimum Gasteiger partial charge on any atom is -0.495 e. The highest BCUT2D eigenvalue weighted by Gasteiger charge is 2.18. The summed E-state index contributed by atoms with van der Waals surface area (Å²) in [5, 5.41) is 5.91. The molecule has 1 atom stereocenters. The van der Waals surface area contributed by atoms with E-state index in [0.29, 0.717) is 23.8 Å². The van der Waals surface area contributed by atoms with Crippen LogP contribution in [0.25, 0.3) is 0 Å². The molecule has 1 amide bonds. The number of rotatable bonds is 4. The largest absolute Gasteiger partial charge is 0.495 e. The molecule has 5 heteroatoms. The second kappa shape index (κ2) is 5.82. The van der Waals surface area contributed by atoms with Crippen molar-refractivity contribution < 1.29 is 13.9 Å². The van der Waals surface area contributed by atoms with E-state index in [0.717, 1.165) is 19.5 Å². The van der Waals surface area contributed by atoms with Gasteiger partial charge in [0.2, 0.25) is 5.91 Å². The van der Waals surface area contributed by atoms with Crippen molar-refractivity contribution in [2.75, 3.05) is 25.5 Å². The molecule has 0 bridgehead atoms. The molecule has 1 aliphatic rings. The Morgan fingerprint density at radius 3 is 3.11 bits per heavy atom. The highest BCUT2D eigenvalue weighted by molar-refractivity contribution is 5.92. The van der Waals surface area contributed by atoms with Crippen LogP contribution in [0, 0.1) is 11.7 Å². The maximum atomic E-state index is 13.1. The van der Waals surface area contributed by atoms with Crippen LogP contribution in [0.2, 0.25) is 0 Å². The van der Waals surface area contributed by atoms with E-state index in [4.69, 9.17) is 4.74 Å². The number of nitrogens with one attached hydrogen (secondary N) is 2. The van der Waals surface area contributed by atoms with Gasteiger partial charge in [0.1, 0.15) is 11.6 Å². The van der Waals surface area contributed by atoms with Crippen LogP contribution in [0.15, 0.2) is 18.2 Å². The lowest BCUT2D eigenvalue weighted by atomic mass is 10.0. The van der Waals surface area contributed by atoms with Gasteiger partial charge in [0.25, 0.3) is 0 Å². The topological polar surface area (TPSA) is 50.4 Å². The minimum atomic E-state index is -0.395. The van der Waals surface area contributed by atoms with Crippen molar-refractivity contribution in [1.82, 2.24) is 5.32 Å². The summed E-state index contributed by atoms with van der Waals surface area (Å²) < 4.78 is 18.2. The molecule has 1 saturated heterocycles. The molecule has 0 aromatic heterocycles. The van der Waals surface area contributed by atoms with Gasteiger partial charge in [-0.3, -0.25) is 4.79 Å². The summed E-state index contributed by atoms with van der Waals surface area (Å²) in [5.74, 6) is 0.333. The summed E-state index contributed by atoms with van der Waals surface area (Å²) in [5.41, 5.74) is 0.383. The van der Waals surface area contributed by atoms with Gasteiger partial charge >= 0.3 is 0 Å².